The second kappa shape index (κ2) is 10.1. The molecule has 2 unspecified atom stereocenters. The lowest BCUT2D eigenvalue weighted by atomic mass is 9.99. The van der Waals surface area contributed by atoms with Gasteiger partial charge in [0.25, 0.3) is 0 Å². The molecular formula is C27H39N2S+. The maximum Gasteiger partial charge on any atom is 0.104 e. The Balaban J connectivity index is 1.67. The molecule has 3 rings (SSSR count). The van der Waals surface area contributed by atoms with Crippen molar-refractivity contribution in [2.45, 2.75) is 62.8 Å². The van der Waals surface area contributed by atoms with Crippen LogP contribution in [0, 0.1) is 5.92 Å². The Hall–Kier alpha value is -1.71. The Kier molecular flexibility index (Phi) is 7.70. The topological polar surface area (TPSA) is 3.24 Å². The van der Waals surface area contributed by atoms with Crippen LogP contribution in [0.2, 0.25) is 0 Å². The molecule has 1 aliphatic heterocycles. The Morgan fingerprint density at radius 3 is 2.07 bits per heavy atom. The number of hydrogen-bond acceptors (Lipinski definition) is 2. The summed E-state index contributed by atoms with van der Waals surface area (Å²) in [7, 11) is 4.81. The summed E-state index contributed by atoms with van der Waals surface area (Å²) in [6, 6.07) is 18.2. The van der Waals surface area contributed by atoms with Crippen molar-refractivity contribution < 1.29 is 4.48 Å². The molecular weight excluding hydrogens is 384 g/mol. The standard InChI is InChI=1S/C27H39N2S/c1-21(2)12-11-13-22(3)18-19-29(5,6)23(4)20-28-24-14-7-9-16-26(24)30-27-17-10-8-15-25(27)28/h7-10,12,14-17,22-23H,11,13,18-20H2,1-6H3/q+1. The number of allylic oxidation sites excluding steroid dienone is 2. The quantitative estimate of drug-likeness (QED) is 0.303. The highest BCUT2D eigenvalue weighted by atomic mass is 32.2. The first-order valence-electron chi connectivity index (χ1n) is 11.4. The molecule has 2 aromatic carbocycles. The molecule has 2 aromatic rings. The minimum absolute atomic E-state index is 0.541. The predicted octanol–water partition coefficient (Wildman–Crippen LogP) is 7.53. The number of para-hydroxylation sites is 2. The van der Waals surface area contributed by atoms with E-state index in [9.17, 15) is 0 Å². The lowest BCUT2D eigenvalue weighted by Gasteiger charge is -2.41. The molecule has 0 N–H and O–H groups in total. The molecule has 0 fully saturated rings. The average Bonchev–Trinajstić information content (AvgIpc) is 2.71. The molecule has 0 aliphatic carbocycles. The van der Waals surface area contributed by atoms with Gasteiger partial charge in [0.2, 0.25) is 0 Å². The van der Waals surface area contributed by atoms with Gasteiger partial charge in [-0.1, -0.05) is 54.6 Å². The maximum absolute atomic E-state index is 2.55. The van der Waals surface area contributed by atoms with E-state index in [0.29, 0.717) is 6.04 Å². The Bertz CT molecular complexity index is 821. The number of hydrogen-bond donors (Lipinski definition) is 0. The van der Waals surface area contributed by atoms with Gasteiger partial charge in [0.15, 0.2) is 0 Å². The van der Waals surface area contributed by atoms with Crippen LogP contribution in [0.4, 0.5) is 11.4 Å². The van der Waals surface area contributed by atoms with E-state index in [0.717, 1.165) is 16.9 Å². The molecule has 0 saturated carbocycles. The first-order valence-corrected chi connectivity index (χ1v) is 12.2. The molecule has 2 atom stereocenters. The monoisotopic (exact) mass is 423 g/mol. The van der Waals surface area contributed by atoms with E-state index in [1.807, 2.05) is 11.8 Å². The van der Waals surface area contributed by atoms with Gasteiger partial charge in [-0.05, 0) is 70.2 Å². The van der Waals surface area contributed by atoms with Crippen molar-refractivity contribution in [2.75, 3.05) is 32.1 Å². The summed E-state index contributed by atoms with van der Waals surface area (Å²) in [5.74, 6) is 0.776. The van der Waals surface area contributed by atoms with E-state index in [4.69, 9.17) is 0 Å². The van der Waals surface area contributed by atoms with Crippen molar-refractivity contribution in [1.29, 1.82) is 0 Å². The van der Waals surface area contributed by atoms with Gasteiger partial charge in [-0.25, -0.2) is 0 Å². The number of fused-ring (bicyclic) bond motifs is 2. The third-order valence-electron chi connectivity index (χ3n) is 6.58. The Labute approximate surface area is 188 Å². The van der Waals surface area contributed by atoms with Crippen molar-refractivity contribution in [3.63, 3.8) is 0 Å². The zero-order chi connectivity index (χ0) is 21.7. The summed E-state index contributed by atoms with van der Waals surface area (Å²) in [5.41, 5.74) is 4.14. The van der Waals surface area contributed by atoms with Crippen LogP contribution in [0.15, 0.2) is 70.0 Å². The fourth-order valence-electron chi connectivity index (χ4n) is 4.04. The molecule has 0 spiro atoms. The van der Waals surface area contributed by atoms with Crippen molar-refractivity contribution in [3.05, 3.63) is 60.2 Å². The molecule has 0 radical (unpaired) electrons. The van der Waals surface area contributed by atoms with E-state index in [-0.39, 0.29) is 0 Å². The molecule has 0 amide bonds. The first-order chi connectivity index (χ1) is 14.3. The highest BCUT2D eigenvalue weighted by molar-refractivity contribution is 7.99. The van der Waals surface area contributed by atoms with E-state index >= 15 is 0 Å². The number of nitrogens with zero attached hydrogens (tertiary/aromatic N) is 2. The molecule has 3 heteroatoms. The van der Waals surface area contributed by atoms with Gasteiger partial charge < -0.3 is 9.38 Å². The average molecular weight is 424 g/mol. The van der Waals surface area contributed by atoms with Crippen molar-refractivity contribution in [1.82, 2.24) is 0 Å². The predicted molar refractivity (Wildman–Crippen MR) is 133 cm³/mol. The summed E-state index contributed by atoms with van der Waals surface area (Å²) in [6.45, 7) is 11.5. The van der Waals surface area contributed by atoms with Crippen molar-refractivity contribution in [2.24, 2.45) is 5.92 Å². The smallest absolute Gasteiger partial charge is 0.104 e. The summed E-state index contributed by atoms with van der Waals surface area (Å²) in [4.78, 5) is 5.27. The van der Waals surface area contributed by atoms with E-state index < -0.39 is 0 Å². The van der Waals surface area contributed by atoms with Gasteiger partial charge in [0.1, 0.15) is 6.04 Å². The van der Waals surface area contributed by atoms with Crippen LogP contribution in [0.1, 0.15) is 47.0 Å². The third kappa shape index (κ3) is 5.70. The molecule has 162 valence electrons. The highest BCUT2D eigenvalue weighted by Crippen LogP contribution is 2.48. The van der Waals surface area contributed by atoms with E-state index in [1.165, 1.54) is 52.5 Å². The molecule has 0 saturated heterocycles. The summed E-state index contributed by atoms with van der Waals surface area (Å²) in [6.07, 6.45) is 6.18. The van der Waals surface area contributed by atoms with Gasteiger partial charge in [-0.15, -0.1) is 0 Å². The van der Waals surface area contributed by atoms with Crippen LogP contribution in [0.3, 0.4) is 0 Å². The second-order valence-electron chi connectivity index (χ2n) is 9.75. The van der Waals surface area contributed by atoms with E-state index in [2.05, 4.69) is 101 Å². The van der Waals surface area contributed by atoms with Crippen LogP contribution in [0.25, 0.3) is 0 Å². The Morgan fingerprint density at radius 2 is 1.50 bits per heavy atom. The van der Waals surface area contributed by atoms with Crippen molar-refractivity contribution >= 4 is 23.1 Å². The summed E-state index contributed by atoms with van der Waals surface area (Å²) >= 11 is 1.89. The SMILES string of the molecule is CC(C)=CCCC(C)CC[N+](C)(C)C(C)CN1c2ccccc2Sc2ccccc21. The normalized spacial score (nSPS) is 15.2. The first kappa shape index (κ1) is 23.0. The van der Waals surface area contributed by atoms with Crippen LogP contribution in [-0.4, -0.2) is 37.7 Å². The zero-order valence-corrected chi connectivity index (χ0v) is 20.5. The van der Waals surface area contributed by atoms with Crippen LogP contribution >= 0.6 is 11.8 Å². The van der Waals surface area contributed by atoms with Crippen LogP contribution in [0.5, 0.6) is 0 Å². The fourth-order valence-corrected chi connectivity index (χ4v) is 5.13. The minimum atomic E-state index is 0.541. The molecule has 1 heterocycles. The van der Waals surface area contributed by atoms with Crippen LogP contribution < -0.4 is 4.90 Å². The maximum atomic E-state index is 2.55. The van der Waals surface area contributed by atoms with E-state index in [1.54, 1.807) is 0 Å². The second-order valence-corrected chi connectivity index (χ2v) is 10.8. The largest absolute Gasteiger partial charge is 0.334 e. The number of quaternary nitrogens is 1. The number of rotatable bonds is 9. The molecule has 30 heavy (non-hydrogen) atoms. The highest BCUT2D eigenvalue weighted by Gasteiger charge is 2.30. The molecule has 2 nitrogen and oxygen atoms in total. The van der Waals surface area contributed by atoms with Gasteiger partial charge in [0, 0.05) is 9.79 Å². The molecule has 0 aromatic heterocycles. The minimum Gasteiger partial charge on any atom is -0.334 e. The van der Waals surface area contributed by atoms with Gasteiger partial charge in [0.05, 0.1) is 38.6 Å². The summed E-state index contributed by atoms with van der Waals surface area (Å²) in [5, 5.41) is 0. The third-order valence-corrected chi connectivity index (χ3v) is 7.71. The fraction of sp³-hybridized carbons (Fsp3) is 0.481. The van der Waals surface area contributed by atoms with Crippen LogP contribution in [-0.2, 0) is 0 Å². The number of likely N-dealkylation sites (N-methyl/N-ethyl adjacent to an activating group) is 1. The lowest BCUT2D eigenvalue weighted by Crippen LogP contribution is -2.52. The molecule has 0 bridgehead atoms. The van der Waals surface area contributed by atoms with Gasteiger partial charge in [-0.3, -0.25) is 0 Å². The van der Waals surface area contributed by atoms with Gasteiger partial charge >= 0.3 is 0 Å². The number of benzene rings is 2. The summed E-state index contributed by atoms with van der Waals surface area (Å²) < 4.78 is 1.06. The van der Waals surface area contributed by atoms with Crippen molar-refractivity contribution in [3.8, 4) is 0 Å². The zero-order valence-electron chi connectivity index (χ0n) is 19.7. The number of anilines is 2. The Morgan fingerprint density at radius 1 is 0.933 bits per heavy atom. The lowest BCUT2D eigenvalue weighted by molar-refractivity contribution is -0.912. The molecule has 1 aliphatic rings. The van der Waals surface area contributed by atoms with Gasteiger partial charge in [-0.2, -0.15) is 0 Å².